The molecule has 152 valence electrons. The van der Waals surface area contributed by atoms with E-state index in [-0.39, 0.29) is 23.5 Å². The van der Waals surface area contributed by atoms with E-state index in [4.69, 9.17) is 11.6 Å². The van der Waals surface area contributed by atoms with Crippen molar-refractivity contribution in [2.75, 3.05) is 5.75 Å². The van der Waals surface area contributed by atoms with Crippen molar-refractivity contribution in [3.8, 4) is 5.69 Å². The van der Waals surface area contributed by atoms with Crippen LogP contribution in [0, 0.1) is 5.82 Å². The van der Waals surface area contributed by atoms with Gasteiger partial charge in [0.1, 0.15) is 12.1 Å². The van der Waals surface area contributed by atoms with Crippen LogP contribution in [0.25, 0.3) is 5.69 Å². The molecule has 0 spiro atoms. The zero-order valence-electron chi connectivity index (χ0n) is 15.5. The van der Waals surface area contributed by atoms with Gasteiger partial charge >= 0.3 is 0 Å². The van der Waals surface area contributed by atoms with Crippen molar-refractivity contribution in [1.29, 1.82) is 0 Å². The van der Waals surface area contributed by atoms with Crippen LogP contribution in [0.15, 0.2) is 77.5 Å². The summed E-state index contributed by atoms with van der Waals surface area (Å²) >= 11 is 8.88. The van der Waals surface area contributed by atoms with Crippen LogP contribution in [-0.2, 0) is 4.79 Å². The molecule has 4 rings (SSSR count). The molecule has 5 nitrogen and oxygen atoms in total. The number of carbonyl (C=O) groups is 1. The Balaban J connectivity index is 1.46. The number of hydrogen-bond acceptors (Lipinski definition) is 5. The minimum Gasteiger partial charge on any atom is -0.344 e. The number of carbonyl (C=O) groups excluding carboxylic acids is 1. The molecule has 0 aliphatic carbocycles. The summed E-state index contributed by atoms with van der Waals surface area (Å²) in [5, 5.41) is 14.2. The second-order valence-corrected chi connectivity index (χ2v) is 8.68. The average molecular weight is 459 g/mol. The predicted octanol–water partition coefficient (Wildman–Crippen LogP) is 5.12. The number of thiophene rings is 1. The van der Waals surface area contributed by atoms with Crippen LogP contribution in [0.1, 0.15) is 16.5 Å². The summed E-state index contributed by atoms with van der Waals surface area (Å²) in [6.45, 7) is 0. The highest BCUT2D eigenvalue weighted by molar-refractivity contribution is 7.99. The van der Waals surface area contributed by atoms with Crippen molar-refractivity contribution in [2.45, 2.75) is 11.2 Å². The van der Waals surface area contributed by atoms with Gasteiger partial charge in [-0.05, 0) is 47.3 Å². The topological polar surface area (TPSA) is 59.8 Å². The molecule has 0 radical (unpaired) electrons. The van der Waals surface area contributed by atoms with Crippen LogP contribution in [-0.4, -0.2) is 26.4 Å². The fourth-order valence-electron chi connectivity index (χ4n) is 2.89. The van der Waals surface area contributed by atoms with Crippen LogP contribution >= 0.6 is 34.7 Å². The molecule has 0 bridgehead atoms. The average Bonchev–Trinajstić information content (AvgIpc) is 3.43. The van der Waals surface area contributed by atoms with Crippen molar-refractivity contribution in [2.24, 2.45) is 0 Å². The van der Waals surface area contributed by atoms with Crippen molar-refractivity contribution in [3.05, 3.63) is 93.7 Å². The van der Waals surface area contributed by atoms with Gasteiger partial charge in [0.05, 0.1) is 17.5 Å². The quantitative estimate of drug-likeness (QED) is 0.390. The smallest absolute Gasteiger partial charge is 0.231 e. The molecule has 0 aliphatic rings. The molecule has 1 unspecified atom stereocenters. The molecule has 2 aromatic heterocycles. The number of nitrogens with zero attached hydrogens (tertiary/aromatic N) is 3. The fraction of sp³-hybridized carbons (Fsp3) is 0.0952. The lowest BCUT2D eigenvalue weighted by Gasteiger charge is -2.18. The van der Waals surface area contributed by atoms with E-state index < -0.39 is 0 Å². The highest BCUT2D eigenvalue weighted by Gasteiger charge is 2.19. The molecule has 2 aromatic carbocycles. The van der Waals surface area contributed by atoms with E-state index in [1.807, 2.05) is 29.6 Å². The summed E-state index contributed by atoms with van der Waals surface area (Å²) in [4.78, 5) is 13.7. The van der Waals surface area contributed by atoms with Crippen molar-refractivity contribution in [3.63, 3.8) is 0 Å². The van der Waals surface area contributed by atoms with Gasteiger partial charge in [-0.25, -0.2) is 4.39 Å². The molecule has 30 heavy (non-hydrogen) atoms. The number of thioether (sulfide) groups is 1. The molecular weight excluding hydrogens is 443 g/mol. The Morgan fingerprint density at radius 3 is 2.77 bits per heavy atom. The Labute approximate surface area is 185 Å². The number of hydrogen-bond donors (Lipinski definition) is 1. The molecule has 1 amide bonds. The first-order valence-electron chi connectivity index (χ1n) is 8.97. The first kappa shape index (κ1) is 20.6. The summed E-state index contributed by atoms with van der Waals surface area (Å²) in [5.41, 5.74) is 1.64. The number of benzene rings is 2. The van der Waals surface area contributed by atoms with Gasteiger partial charge in [-0.15, -0.1) is 21.5 Å². The third-order valence-electron chi connectivity index (χ3n) is 4.27. The highest BCUT2D eigenvalue weighted by atomic mass is 35.5. The Morgan fingerprint density at radius 2 is 2.03 bits per heavy atom. The molecule has 0 fully saturated rings. The Bertz CT molecular complexity index is 1130. The van der Waals surface area contributed by atoms with Gasteiger partial charge in [-0.3, -0.25) is 9.36 Å². The van der Waals surface area contributed by atoms with Gasteiger partial charge in [-0.1, -0.05) is 47.6 Å². The third kappa shape index (κ3) is 4.89. The monoisotopic (exact) mass is 458 g/mol. The standard InChI is InChI=1S/C21H16ClFN4OS2/c22-15-3-1-4-17(11-15)27-13-24-26-21(27)30-12-19(28)25-20(18-5-2-10-29-18)14-6-8-16(23)9-7-14/h1-11,13,20H,12H2,(H,25,28). The minimum absolute atomic E-state index is 0.155. The van der Waals surface area contributed by atoms with Gasteiger partial charge in [0.25, 0.3) is 0 Å². The van der Waals surface area contributed by atoms with E-state index in [2.05, 4.69) is 15.5 Å². The second-order valence-electron chi connectivity index (χ2n) is 6.32. The molecule has 9 heteroatoms. The van der Waals surface area contributed by atoms with Gasteiger partial charge < -0.3 is 5.32 Å². The zero-order chi connectivity index (χ0) is 20.9. The Kier molecular flexibility index (Phi) is 6.47. The highest BCUT2D eigenvalue weighted by Crippen LogP contribution is 2.27. The lowest BCUT2D eigenvalue weighted by Crippen LogP contribution is -2.30. The van der Waals surface area contributed by atoms with Gasteiger partial charge in [-0.2, -0.15) is 0 Å². The molecular formula is C21H16ClFN4OS2. The van der Waals surface area contributed by atoms with Crippen LogP contribution in [0.3, 0.4) is 0 Å². The summed E-state index contributed by atoms with van der Waals surface area (Å²) in [7, 11) is 0. The maximum atomic E-state index is 13.3. The predicted molar refractivity (Wildman–Crippen MR) is 118 cm³/mol. The lowest BCUT2D eigenvalue weighted by atomic mass is 10.1. The maximum Gasteiger partial charge on any atom is 0.231 e. The van der Waals surface area contributed by atoms with E-state index in [9.17, 15) is 9.18 Å². The maximum absolute atomic E-state index is 13.3. The first-order chi connectivity index (χ1) is 14.6. The molecule has 0 saturated carbocycles. The van der Waals surface area contributed by atoms with E-state index in [1.54, 1.807) is 35.2 Å². The summed E-state index contributed by atoms with van der Waals surface area (Å²) in [6, 6.07) is 17.0. The summed E-state index contributed by atoms with van der Waals surface area (Å²) in [6.07, 6.45) is 1.58. The van der Waals surface area contributed by atoms with E-state index in [0.717, 1.165) is 16.1 Å². The second kappa shape index (κ2) is 9.42. The number of aromatic nitrogens is 3. The molecule has 2 heterocycles. The SMILES string of the molecule is O=C(CSc1nncn1-c1cccc(Cl)c1)NC(c1ccc(F)cc1)c1cccs1. The molecule has 0 aliphatic heterocycles. The van der Waals surface area contributed by atoms with Crippen molar-refractivity contribution >= 4 is 40.6 Å². The number of nitrogens with one attached hydrogen (secondary N) is 1. The van der Waals surface area contributed by atoms with Crippen LogP contribution in [0.4, 0.5) is 4.39 Å². The normalized spacial score (nSPS) is 11.9. The third-order valence-corrected chi connectivity index (χ3v) is 6.39. The van der Waals surface area contributed by atoms with Gasteiger partial charge in [0, 0.05) is 9.90 Å². The first-order valence-corrected chi connectivity index (χ1v) is 11.2. The van der Waals surface area contributed by atoms with Crippen LogP contribution in [0.2, 0.25) is 5.02 Å². The molecule has 4 aromatic rings. The number of amides is 1. The van der Waals surface area contributed by atoms with Crippen LogP contribution in [0.5, 0.6) is 0 Å². The molecule has 1 N–H and O–H groups in total. The molecule has 1 atom stereocenters. The minimum atomic E-state index is -0.343. The van der Waals surface area contributed by atoms with Crippen LogP contribution < -0.4 is 5.32 Å². The Hall–Kier alpha value is -2.68. The number of halogens is 2. The van der Waals surface area contributed by atoms with Crippen molar-refractivity contribution in [1.82, 2.24) is 20.1 Å². The fourth-order valence-corrected chi connectivity index (χ4v) is 4.62. The summed E-state index contributed by atoms with van der Waals surface area (Å²) in [5.74, 6) is -0.322. The lowest BCUT2D eigenvalue weighted by molar-refractivity contribution is -0.119. The largest absolute Gasteiger partial charge is 0.344 e. The van der Waals surface area contributed by atoms with Crippen molar-refractivity contribution < 1.29 is 9.18 Å². The Morgan fingerprint density at radius 1 is 1.20 bits per heavy atom. The molecule has 0 saturated heterocycles. The number of rotatable bonds is 7. The van der Waals surface area contributed by atoms with E-state index in [1.165, 1.54) is 35.2 Å². The van der Waals surface area contributed by atoms with E-state index >= 15 is 0 Å². The zero-order valence-corrected chi connectivity index (χ0v) is 17.9. The van der Waals surface area contributed by atoms with Gasteiger partial charge in [0.2, 0.25) is 5.91 Å². The summed E-state index contributed by atoms with van der Waals surface area (Å²) < 4.78 is 15.1. The van der Waals surface area contributed by atoms with Gasteiger partial charge in [0.15, 0.2) is 5.16 Å². The van der Waals surface area contributed by atoms with E-state index in [0.29, 0.717) is 10.2 Å².